The minimum atomic E-state index is -0.392. The van der Waals surface area contributed by atoms with Crippen molar-refractivity contribution in [3.63, 3.8) is 0 Å². The van der Waals surface area contributed by atoms with E-state index in [9.17, 15) is 5.26 Å². The topological polar surface area (TPSA) is 42.2 Å². The maximum absolute atomic E-state index is 9.79. The van der Waals surface area contributed by atoms with Gasteiger partial charge in [-0.3, -0.25) is 0 Å². The number of nitriles is 1. The van der Waals surface area contributed by atoms with Crippen LogP contribution in [0.4, 0.5) is 0 Å². The third-order valence-corrected chi connectivity index (χ3v) is 5.82. The van der Waals surface area contributed by atoms with Gasteiger partial charge in [0, 0.05) is 5.92 Å². The highest BCUT2D eigenvalue weighted by Crippen LogP contribution is 2.45. The third kappa shape index (κ3) is 5.19. The summed E-state index contributed by atoms with van der Waals surface area (Å²) in [5, 5.41) is 9.79. The lowest BCUT2D eigenvalue weighted by atomic mass is 9.69. The fraction of sp³-hybridized carbons (Fsp3) is 0.950. The van der Waals surface area contributed by atoms with Crippen LogP contribution in [0.1, 0.15) is 84.5 Å². The van der Waals surface area contributed by atoms with Crippen LogP contribution < -0.4 is 0 Å². The molecule has 2 fully saturated rings. The van der Waals surface area contributed by atoms with Crippen LogP contribution in [0, 0.1) is 28.6 Å². The van der Waals surface area contributed by atoms with Crippen molar-refractivity contribution in [3.8, 4) is 6.07 Å². The van der Waals surface area contributed by atoms with Crippen molar-refractivity contribution in [3.05, 3.63) is 0 Å². The molecule has 132 valence electrons. The Hall–Kier alpha value is -0.590. The average molecular weight is 322 g/mol. The Morgan fingerprint density at radius 2 is 1.52 bits per heavy atom. The first kappa shape index (κ1) is 18.7. The Morgan fingerprint density at radius 1 is 0.913 bits per heavy atom. The predicted molar refractivity (Wildman–Crippen MR) is 92.9 cm³/mol. The lowest BCUT2D eigenvalue weighted by molar-refractivity contribution is -0.247. The van der Waals surface area contributed by atoms with Crippen LogP contribution in [0.15, 0.2) is 0 Å². The van der Waals surface area contributed by atoms with Crippen LogP contribution in [-0.4, -0.2) is 19.5 Å². The molecule has 0 N–H and O–H groups in total. The van der Waals surface area contributed by atoms with Crippen LogP contribution in [-0.2, 0) is 9.47 Å². The van der Waals surface area contributed by atoms with E-state index in [1.165, 1.54) is 57.8 Å². The quantitative estimate of drug-likeness (QED) is 0.558. The molecule has 0 aromatic carbocycles. The van der Waals surface area contributed by atoms with Gasteiger partial charge in [-0.15, -0.1) is 0 Å². The van der Waals surface area contributed by atoms with Crippen molar-refractivity contribution in [2.75, 3.05) is 13.2 Å². The summed E-state index contributed by atoms with van der Waals surface area (Å²) in [7, 11) is 0. The smallest absolute Gasteiger partial charge is 0.176 e. The van der Waals surface area contributed by atoms with E-state index < -0.39 is 5.41 Å². The molecule has 0 aromatic heterocycles. The lowest BCUT2D eigenvalue weighted by Gasteiger charge is -2.42. The van der Waals surface area contributed by atoms with E-state index in [0.717, 1.165) is 32.0 Å². The van der Waals surface area contributed by atoms with E-state index >= 15 is 0 Å². The first-order chi connectivity index (χ1) is 11.2. The summed E-state index contributed by atoms with van der Waals surface area (Å²) in [5.74, 6) is 1.33. The molecule has 0 spiro atoms. The van der Waals surface area contributed by atoms with Crippen molar-refractivity contribution in [1.82, 2.24) is 0 Å². The van der Waals surface area contributed by atoms with Gasteiger partial charge < -0.3 is 9.47 Å². The summed E-state index contributed by atoms with van der Waals surface area (Å²) >= 11 is 0. The molecule has 0 atom stereocenters. The van der Waals surface area contributed by atoms with Crippen LogP contribution in [0.25, 0.3) is 0 Å². The maximum atomic E-state index is 9.79. The SMILES string of the molecule is CCCCC[C@H]1CC[C@](C#N)(C2OCC(CCCC)CO2)CC1. The molecule has 1 heterocycles. The molecule has 0 bridgehead atoms. The van der Waals surface area contributed by atoms with Gasteiger partial charge in [0.2, 0.25) is 0 Å². The summed E-state index contributed by atoms with van der Waals surface area (Å²) in [4.78, 5) is 0. The Morgan fingerprint density at radius 3 is 2.09 bits per heavy atom. The number of hydrogen-bond donors (Lipinski definition) is 0. The molecular formula is C20H35NO2. The van der Waals surface area contributed by atoms with Crippen molar-refractivity contribution in [2.24, 2.45) is 17.3 Å². The predicted octanol–water partition coefficient (Wildman–Crippen LogP) is 5.45. The van der Waals surface area contributed by atoms with Crippen LogP contribution in [0.5, 0.6) is 0 Å². The van der Waals surface area contributed by atoms with Crippen molar-refractivity contribution < 1.29 is 9.47 Å². The highest BCUT2D eigenvalue weighted by atomic mass is 16.7. The molecule has 3 nitrogen and oxygen atoms in total. The van der Waals surface area contributed by atoms with Crippen LogP contribution in [0.2, 0.25) is 0 Å². The zero-order valence-electron chi connectivity index (χ0n) is 15.2. The van der Waals surface area contributed by atoms with E-state index in [-0.39, 0.29) is 6.29 Å². The molecule has 0 radical (unpaired) electrons. The molecule has 3 heteroatoms. The van der Waals surface area contributed by atoms with Crippen molar-refractivity contribution in [2.45, 2.75) is 90.8 Å². The highest BCUT2D eigenvalue weighted by Gasteiger charge is 2.45. The van der Waals surface area contributed by atoms with Gasteiger partial charge in [0.15, 0.2) is 6.29 Å². The largest absolute Gasteiger partial charge is 0.351 e. The molecule has 1 aliphatic carbocycles. The number of unbranched alkanes of at least 4 members (excludes halogenated alkanes) is 3. The number of rotatable bonds is 8. The molecule has 23 heavy (non-hydrogen) atoms. The number of hydrogen-bond acceptors (Lipinski definition) is 3. The molecule has 1 aliphatic heterocycles. The zero-order valence-corrected chi connectivity index (χ0v) is 15.2. The number of nitrogens with zero attached hydrogens (tertiary/aromatic N) is 1. The Balaban J connectivity index is 1.78. The summed E-state index contributed by atoms with van der Waals surface area (Å²) < 4.78 is 12.0. The Bertz CT molecular complexity index is 360. The molecule has 0 unspecified atom stereocenters. The van der Waals surface area contributed by atoms with Gasteiger partial charge in [0.25, 0.3) is 0 Å². The molecular weight excluding hydrogens is 286 g/mol. The van der Waals surface area contributed by atoms with Gasteiger partial charge in [-0.1, -0.05) is 52.4 Å². The monoisotopic (exact) mass is 321 g/mol. The minimum Gasteiger partial charge on any atom is -0.351 e. The van der Waals surface area contributed by atoms with Gasteiger partial charge in [0.05, 0.1) is 19.3 Å². The number of ether oxygens (including phenoxy) is 2. The van der Waals surface area contributed by atoms with Crippen LogP contribution >= 0.6 is 0 Å². The second kappa shape index (κ2) is 9.64. The van der Waals surface area contributed by atoms with Crippen LogP contribution in [0.3, 0.4) is 0 Å². The summed E-state index contributed by atoms with van der Waals surface area (Å²) in [5.41, 5.74) is -0.392. The maximum Gasteiger partial charge on any atom is 0.176 e. The minimum absolute atomic E-state index is 0.290. The van der Waals surface area contributed by atoms with Gasteiger partial charge in [-0.05, 0) is 38.0 Å². The summed E-state index contributed by atoms with van der Waals surface area (Å²) in [6.07, 6.45) is 12.9. The van der Waals surface area contributed by atoms with E-state index in [0.29, 0.717) is 5.92 Å². The van der Waals surface area contributed by atoms with E-state index in [1.54, 1.807) is 0 Å². The lowest BCUT2D eigenvalue weighted by Crippen LogP contribution is -2.45. The van der Waals surface area contributed by atoms with Gasteiger partial charge in [0.1, 0.15) is 5.41 Å². The van der Waals surface area contributed by atoms with Gasteiger partial charge >= 0.3 is 0 Å². The first-order valence-corrected chi connectivity index (χ1v) is 9.88. The Labute approximate surface area is 142 Å². The summed E-state index contributed by atoms with van der Waals surface area (Å²) in [6, 6.07) is 2.58. The molecule has 2 rings (SSSR count). The normalized spacial score (nSPS) is 34.9. The van der Waals surface area contributed by atoms with Gasteiger partial charge in [-0.25, -0.2) is 0 Å². The van der Waals surface area contributed by atoms with Crippen molar-refractivity contribution in [1.29, 1.82) is 5.26 Å². The molecule has 0 amide bonds. The Kier molecular flexibility index (Phi) is 7.86. The fourth-order valence-electron chi connectivity index (χ4n) is 4.09. The zero-order chi connectivity index (χ0) is 16.5. The van der Waals surface area contributed by atoms with E-state index in [2.05, 4.69) is 19.9 Å². The molecule has 0 aromatic rings. The summed E-state index contributed by atoms with van der Waals surface area (Å²) in [6.45, 7) is 6.02. The molecule has 1 saturated carbocycles. The third-order valence-electron chi connectivity index (χ3n) is 5.82. The van der Waals surface area contributed by atoms with E-state index in [4.69, 9.17) is 9.47 Å². The second-order valence-electron chi connectivity index (χ2n) is 7.71. The average Bonchev–Trinajstić information content (AvgIpc) is 2.61. The second-order valence-corrected chi connectivity index (χ2v) is 7.71. The van der Waals surface area contributed by atoms with Gasteiger partial charge in [-0.2, -0.15) is 5.26 Å². The van der Waals surface area contributed by atoms with E-state index in [1.807, 2.05) is 0 Å². The highest BCUT2D eigenvalue weighted by molar-refractivity contribution is 5.04. The molecule has 1 saturated heterocycles. The first-order valence-electron chi connectivity index (χ1n) is 9.88. The fourth-order valence-corrected chi connectivity index (χ4v) is 4.09. The standard InChI is InChI=1S/C20H35NO2/c1-3-5-7-9-17-10-12-20(16-21,13-11-17)19-22-14-18(15-23-19)8-6-4-2/h17-19H,3-15H2,1-2H3/t17-,18?,19?,20-. The van der Waals surface area contributed by atoms with Crippen molar-refractivity contribution >= 4 is 0 Å². The molecule has 2 aliphatic rings.